The summed E-state index contributed by atoms with van der Waals surface area (Å²) < 4.78 is 25.5. The lowest BCUT2D eigenvalue weighted by molar-refractivity contribution is -0.132. The zero-order valence-corrected chi connectivity index (χ0v) is 24.3. The predicted molar refractivity (Wildman–Crippen MR) is 156 cm³/mol. The molecule has 1 saturated heterocycles. The smallest absolute Gasteiger partial charge is 0.301 e. The first-order chi connectivity index (χ1) is 19.7. The van der Waals surface area contributed by atoms with Crippen molar-refractivity contribution >= 4 is 45.7 Å². The number of anilines is 1. The van der Waals surface area contributed by atoms with Gasteiger partial charge in [0, 0.05) is 11.3 Å². The van der Waals surface area contributed by atoms with Gasteiger partial charge in [-0.05, 0) is 54.8 Å². The number of aryl methyl sites for hydroxylation is 2. The third-order valence-electron chi connectivity index (χ3n) is 6.73. The minimum Gasteiger partial charge on any atom is -0.507 e. The predicted octanol–water partition coefficient (Wildman–Crippen LogP) is 6.23. The molecule has 1 aromatic heterocycles. The number of halogens is 1. The zero-order valence-electron chi connectivity index (χ0n) is 22.7. The Labute approximate surface area is 244 Å². The highest BCUT2D eigenvalue weighted by molar-refractivity contribution is 8.00. The van der Waals surface area contributed by atoms with Crippen molar-refractivity contribution in [3.8, 4) is 11.5 Å². The molecule has 1 fully saturated rings. The van der Waals surface area contributed by atoms with Crippen LogP contribution in [0.1, 0.15) is 33.9 Å². The molecule has 1 aliphatic rings. The number of nitrogens with zero attached hydrogens (tertiary/aromatic N) is 3. The number of methoxy groups -OCH3 is 2. The standard InChI is InChI=1S/C30H26FN3O5S2/c1-16-9-10-17(2)20(13-16)26(35)24-25(18-11-12-22(38-3)23(14-18)39-4)34(28(37)27(24)36)29-32-33-30(41-29)40-15-19-7-5-6-8-21(19)31/h5-14,25,35H,15H2,1-4H3/b26-24+. The Morgan fingerprint density at radius 3 is 2.51 bits per heavy atom. The Morgan fingerprint density at radius 1 is 1.02 bits per heavy atom. The normalized spacial score (nSPS) is 16.3. The van der Waals surface area contributed by atoms with Crippen LogP contribution in [0.3, 0.4) is 0 Å². The number of carbonyl (C=O) groups excluding carboxylic acids is 2. The number of ether oxygens (including phenoxy) is 2. The Bertz CT molecular complexity index is 1690. The van der Waals surface area contributed by atoms with Crippen molar-refractivity contribution < 1.29 is 28.6 Å². The molecule has 5 rings (SSSR count). The van der Waals surface area contributed by atoms with Crippen LogP contribution in [0.4, 0.5) is 9.52 Å². The lowest BCUT2D eigenvalue weighted by atomic mass is 9.93. The number of aliphatic hydroxyl groups is 1. The number of aliphatic hydroxyl groups excluding tert-OH is 1. The number of aromatic nitrogens is 2. The number of ketones is 1. The highest BCUT2D eigenvalue weighted by Crippen LogP contribution is 2.46. The van der Waals surface area contributed by atoms with E-state index in [4.69, 9.17) is 9.47 Å². The highest BCUT2D eigenvalue weighted by atomic mass is 32.2. The van der Waals surface area contributed by atoms with E-state index in [0.29, 0.717) is 38.3 Å². The van der Waals surface area contributed by atoms with Crippen LogP contribution < -0.4 is 14.4 Å². The van der Waals surface area contributed by atoms with Gasteiger partial charge < -0.3 is 14.6 Å². The van der Waals surface area contributed by atoms with Crippen molar-refractivity contribution in [3.05, 3.63) is 99.9 Å². The van der Waals surface area contributed by atoms with Crippen LogP contribution in [0.5, 0.6) is 11.5 Å². The molecule has 1 aliphatic heterocycles. The fourth-order valence-electron chi connectivity index (χ4n) is 4.62. The van der Waals surface area contributed by atoms with Gasteiger partial charge in [-0.15, -0.1) is 10.2 Å². The average molecular weight is 592 g/mol. The molecule has 1 N–H and O–H groups in total. The van der Waals surface area contributed by atoms with Gasteiger partial charge in [0.2, 0.25) is 5.13 Å². The Kier molecular flexibility index (Phi) is 8.09. The van der Waals surface area contributed by atoms with E-state index >= 15 is 0 Å². The summed E-state index contributed by atoms with van der Waals surface area (Å²) in [6.07, 6.45) is 0. The molecule has 41 heavy (non-hydrogen) atoms. The second kappa shape index (κ2) is 11.7. The molecule has 4 aromatic rings. The van der Waals surface area contributed by atoms with Gasteiger partial charge in [0.25, 0.3) is 5.78 Å². The van der Waals surface area contributed by atoms with Gasteiger partial charge in [-0.1, -0.05) is 65.1 Å². The van der Waals surface area contributed by atoms with Crippen LogP contribution in [-0.2, 0) is 15.3 Å². The van der Waals surface area contributed by atoms with E-state index in [9.17, 15) is 19.1 Å². The maximum absolute atomic E-state index is 14.1. The van der Waals surface area contributed by atoms with Crippen molar-refractivity contribution in [2.75, 3.05) is 19.1 Å². The average Bonchev–Trinajstić information content (AvgIpc) is 3.54. The monoisotopic (exact) mass is 591 g/mol. The maximum atomic E-state index is 14.1. The quantitative estimate of drug-likeness (QED) is 0.0846. The lowest BCUT2D eigenvalue weighted by Crippen LogP contribution is -2.29. The third kappa shape index (κ3) is 5.42. The minimum atomic E-state index is -1.02. The first-order valence-corrected chi connectivity index (χ1v) is 14.3. The topological polar surface area (TPSA) is 102 Å². The van der Waals surface area contributed by atoms with E-state index in [1.807, 2.05) is 26.0 Å². The van der Waals surface area contributed by atoms with Crippen molar-refractivity contribution in [2.24, 2.45) is 0 Å². The number of rotatable bonds is 8. The molecule has 0 bridgehead atoms. The highest BCUT2D eigenvalue weighted by Gasteiger charge is 2.48. The molecule has 1 unspecified atom stereocenters. The van der Waals surface area contributed by atoms with Gasteiger partial charge in [-0.25, -0.2) is 4.39 Å². The molecule has 0 spiro atoms. The zero-order chi connectivity index (χ0) is 29.3. The SMILES string of the molecule is COc1ccc(C2/C(=C(\O)c3cc(C)ccc3C)C(=O)C(=O)N2c2nnc(SCc3ccccc3F)s2)cc1OC. The summed E-state index contributed by atoms with van der Waals surface area (Å²) in [4.78, 5) is 28.4. The van der Waals surface area contributed by atoms with Gasteiger partial charge in [-0.2, -0.15) is 0 Å². The molecule has 8 nitrogen and oxygen atoms in total. The van der Waals surface area contributed by atoms with Crippen molar-refractivity contribution in [2.45, 2.75) is 30.0 Å². The van der Waals surface area contributed by atoms with Gasteiger partial charge in [0.1, 0.15) is 11.6 Å². The largest absolute Gasteiger partial charge is 0.507 e. The van der Waals surface area contributed by atoms with E-state index in [2.05, 4.69) is 10.2 Å². The van der Waals surface area contributed by atoms with Gasteiger partial charge in [0.05, 0.1) is 25.8 Å². The van der Waals surface area contributed by atoms with Gasteiger partial charge >= 0.3 is 5.91 Å². The summed E-state index contributed by atoms with van der Waals surface area (Å²) in [5, 5.41) is 20.1. The summed E-state index contributed by atoms with van der Waals surface area (Å²) in [6, 6.07) is 16.0. The van der Waals surface area contributed by atoms with Crippen molar-refractivity contribution in [3.63, 3.8) is 0 Å². The van der Waals surface area contributed by atoms with Gasteiger partial charge in [0.15, 0.2) is 15.8 Å². The van der Waals surface area contributed by atoms with Gasteiger partial charge in [-0.3, -0.25) is 14.5 Å². The lowest BCUT2D eigenvalue weighted by Gasteiger charge is -2.23. The van der Waals surface area contributed by atoms with E-state index in [0.717, 1.165) is 22.5 Å². The van der Waals surface area contributed by atoms with Crippen LogP contribution >= 0.6 is 23.1 Å². The summed E-state index contributed by atoms with van der Waals surface area (Å²) >= 11 is 2.37. The van der Waals surface area contributed by atoms with Crippen molar-refractivity contribution in [1.29, 1.82) is 0 Å². The molecule has 0 aliphatic carbocycles. The Hall–Kier alpha value is -4.22. The minimum absolute atomic E-state index is 0.0771. The second-order valence-corrected chi connectivity index (χ2v) is 11.5. The second-order valence-electron chi connectivity index (χ2n) is 9.33. The molecule has 1 atom stereocenters. The van der Waals surface area contributed by atoms with Crippen LogP contribution in [0, 0.1) is 19.7 Å². The molecule has 3 aromatic carbocycles. The number of amides is 1. The molecule has 210 valence electrons. The van der Waals surface area contributed by atoms with E-state index in [1.165, 1.54) is 36.9 Å². The number of hydrogen-bond donors (Lipinski definition) is 1. The first kappa shape index (κ1) is 28.3. The molecule has 11 heteroatoms. The van der Waals surface area contributed by atoms with Crippen LogP contribution in [0.25, 0.3) is 5.76 Å². The number of hydrogen-bond acceptors (Lipinski definition) is 9. The Balaban J connectivity index is 1.61. The molecule has 0 saturated carbocycles. The fraction of sp³-hybridized carbons (Fsp3) is 0.200. The third-order valence-corrected chi connectivity index (χ3v) is 8.83. The van der Waals surface area contributed by atoms with Crippen LogP contribution in [0.15, 0.2) is 70.6 Å². The fourth-order valence-corrected chi connectivity index (χ4v) is 6.47. The Morgan fingerprint density at radius 2 is 1.78 bits per heavy atom. The molecular formula is C30H26FN3O5S2. The summed E-state index contributed by atoms with van der Waals surface area (Å²) in [6.45, 7) is 3.70. The number of benzene rings is 3. The summed E-state index contributed by atoms with van der Waals surface area (Å²) in [7, 11) is 2.99. The first-order valence-electron chi connectivity index (χ1n) is 12.5. The maximum Gasteiger partial charge on any atom is 0.301 e. The molecule has 2 heterocycles. The van der Waals surface area contributed by atoms with Crippen molar-refractivity contribution in [1.82, 2.24) is 10.2 Å². The van der Waals surface area contributed by atoms with E-state index < -0.39 is 17.7 Å². The molecule has 0 radical (unpaired) electrons. The summed E-state index contributed by atoms with van der Waals surface area (Å²) in [5.41, 5.74) is 3.01. The van der Waals surface area contributed by atoms with Crippen LogP contribution in [-0.4, -0.2) is 41.2 Å². The summed E-state index contributed by atoms with van der Waals surface area (Å²) in [5.74, 6) is -1.14. The molecular weight excluding hydrogens is 565 g/mol. The van der Waals surface area contributed by atoms with Crippen LogP contribution in [0.2, 0.25) is 0 Å². The van der Waals surface area contributed by atoms with E-state index in [1.54, 1.807) is 42.5 Å². The number of carbonyl (C=O) groups is 2. The number of Topliss-reactive ketones (excluding diaryl/α,β-unsaturated/α-hetero) is 1. The number of thioether (sulfide) groups is 1. The molecule has 1 amide bonds. The van der Waals surface area contributed by atoms with E-state index in [-0.39, 0.29) is 22.3 Å².